The van der Waals surface area contributed by atoms with Gasteiger partial charge in [0.15, 0.2) is 5.96 Å². The molecule has 2 N–H and O–H groups in total. The first-order valence-corrected chi connectivity index (χ1v) is 9.38. The van der Waals surface area contributed by atoms with Crippen LogP contribution in [-0.4, -0.2) is 50.1 Å². The molecule has 1 aromatic rings. The summed E-state index contributed by atoms with van der Waals surface area (Å²) in [7, 11) is 1.84. The zero-order valence-electron chi connectivity index (χ0n) is 14.0. The molecule has 5 heteroatoms. The summed E-state index contributed by atoms with van der Waals surface area (Å²) >= 11 is 1.81. The highest BCUT2D eigenvalue weighted by atomic mass is 32.1. The highest BCUT2D eigenvalue weighted by Gasteiger charge is 2.16. The minimum absolute atomic E-state index is 0.761. The van der Waals surface area contributed by atoms with Gasteiger partial charge in [0.25, 0.3) is 0 Å². The molecule has 1 aromatic heterocycles. The predicted molar refractivity (Wildman–Crippen MR) is 96.9 cm³/mol. The largest absolute Gasteiger partial charge is 0.356 e. The summed E-state index contributed by atoms with van der Waals surface area (Å²) in [5.41, 5.74) is 0. The Bertz CT molecular complexity index is 430. The molecule has 1 fully saturated rings. The maximum atomic E-state index is 4.29. The maximum Gasteiger partial charge on any atom is 0.190 e. The lowest BCUT2D eigenvalue weighted by atomic mass is 10.0. The molecular weight excluding hydrogens is 292 g/mol. The van der Waals surface area contributed by atoms with Crippen molar-refractivity contribution in [1.29, 1.82) is 0 Å². The van der Waals surface area contributed by atoms with E-state index in [0.717, 1.165) is 31.5 Å². The van der Waals surface area contributed by atoms with E-state index in [0.29, 0.717) is 0 Å². The molecule has 0 aliphatic carbocycles. The fourth-order valence-corrected chi connectivity index (χ4v) is 3.67. The van der Waals surface area contributed by atoms with E-state index in [4.69, 9.17) is 0 Å². The van der Waals surface area contributed by atoms with Gasteiger partial charge in [0.2, 0.25) is 0 Å². The Balaban J connectivity index is 1.56. The van der Waals surface area contributed by atoms with Gasteiger partial charge in [-0.25, -0.2) is 0 Å². The second-order valence-corrected chi connectivity index (χ2v) is 7.02. The summed E-state index contributed by atoms with van der Waals surface area (Å²) in [5, 5.41) is 8.94. The Kier molecular flexibility index (Phi) is 7.74. The summed E-state index contributed by atoms with van der Waals surface area (Å²) in [5.74, 6) is 0.920. The highest BCUT2D eigenvalue weighted by molar-refractivity contribution is 7.09. The molecular formula is C17H30N4S. The minimum atomic E-state index is 0.761. The lowest BCUT2D eigenvalue weighted by Gasteiger charge is -2.33. The van der Waals surface area contributed by atoms with Gasteiger partial charge in [0.05, 0.1) is 0 Å². The van der Waals surface area contributed by atoms with E-state index in [9.17, 15) is 0 Å². The molecule has 0 spiro atoms. The van der Waals surface area contributed by atoms with Crippen LogP contribution in [0.4, 0.5) is 0 Å². The lowest BCUT2D eigenvalue weighted by Crippen LogP contribution is -2.41. The Morgan fingerprint density at radius 1 is 1.36 bits per heavy atom. The molecule has 1 aliphatic heterocycles. The zero-order chi connectivity index (χ0) is 15.6. The van der Waals surface area contributed by atoms with E-state index in [1.807, 2.05) is 18.4 Å². The summed E-state index contributed by atoms with van der Waals surface area (Å²) in [6.07, 6.45) is 6.36. The Labute approximate surface area is 139 Å². The first-order valence-electron chi connectivity index (χ1n) is 8.50. The van der Waals surface area contributed by atoms with E-state index in [1.54, 1.807) is 0 Å². The van der Waals surface area contributed by atoms with Gasteiger partial charge in [0, 0.05) is 37.6 Å². The van der Waals surface area contributed by atoms with Crippen LogP contribution in [0.1, 0.15) is 37.5 Å². The summed E-state index contributed by atoms with van der Waals surface area (Å²) in [6.45, 7) is 6.75. The van der Waals surface area contributed by atoms with Crippen molar-refractivity contribution in [1.82, 2.24) is 15.5 Å². The molecule has 22 heavy (non-hydrogen) atoms. The average molecular weight is 323 g/mol. The third kappa shape index (κ3) is 5.97. The van der Waals surface area contributed by atoms with E-state index in [1.165, 1.54) is 43.6 Å². The van der Waals surface area contributed by atoms with Crippen molar-refractivity contribution in [2.45, 2.75) is 45.1 Å². The molecule has 1 atom stereocenters. The van der Waals surface area contributed by atoms with Crippen molar-refractivity contribution in [2.24, 2.45) is 4.99 Å². The molecule has 2 rings (SSSR count). The highest BCUT2D eigenvalue weighted by Crippen LogP contribution is 2.16. The normalized spacial score (nSPS) is 20.1. The molecule has 1 saturated heterocycles. The van der Waals surface area contributed by atoms with Crippen molar-refractivity contribution in [3.8, 4) is 0 Å². The van der Waals surface area contributed by atoms with Crippen LogP contribution < -0.4 is 10.6 Å². The molecule has 0 aromatic carbocycles. The van der Waals surface area contributed by atoms with Gasteiger partial charge < -0.3 is 15.5 Å². The number of likely N-dealkylation sites (tertiary alicyclic amines) is 1. The average Bonchev–Trinajstić information content (AvgIpc) is 3.04. The van der Waals surface area contributed by atoms with E-state index < -0.39 is 0 Å². The zero-order valence-corrected chi connectivity index (χ0v) is 14.8. The number of hydrogen-bond donors (Lipinski definition) is 2. The predicted octanol–water partition coefficient (Wildman–Crippen LogP) is 2.72. The van der Waals surface area contributed by atoms with Crippen LogP contribution in [0.3, 0.4) is 0 Å². The number of rotatable bonds is 7. The van der Waals surface area contributed by atoms with Crippen LogP contribution in [0.5, 0.6) is 0 Å². The minimum Gasteiger partial charge on any atom is -0.356 e. The number of nitrogens with one attached hydrogen (secondary N) is 2. The maximum absolute atomic E-state index is 4.29. The van der Waals surface area contributed by atoms with Crippen molar-refractivity contribution in [2.75, 3.05) is 33.2 Å². The van der Waals surface area contributed by atoms with Crippen molar-refractivity contribution < 1.29 is 0 Å². The Morgan fingerprint density at radius 3 is 2.95 bits per heavy atom. The second kappa shape index (κ2) is 9.85. The van der Waals surface area contributed by atoms with Crippen LogP contribution in [0.25, 0.3) is 0 Å². The van der Waals surface area contributed by atoms with Crippen LogP contribution in [-0.2, 0) is 6.42 Å². The van der Waals surface area contributed by atoms with Gasteiger partial charge in [0.1, 0.15) is 0 Å². The quantitative estimate of drug-likeness (QED) is 0.461. The van der Waals surface area contributed by atoms with Crippen molar-refractivity contribution >= 4 is 17.3 Å². The first-order chi connectivity index (χ1) is 10.8. The fourth-order valence-electron chi connectivity index (χ4n) is 2.96. The number of hydrogen-bond acceptors (Lipinski definition) is 3. The molecule has 4 nitrogen and oxygen atoms in total. The van der Waals surface area contributed by atoms with Crippen LogP contribution in [0.2, 0.25) is 0 Å². The molecule has 1 unspecified atom stereocenters. The number of thiophene rings is 1. The number of nitrogens with zero attached hydrogens (tertiary/aromatic N) is 2. The second-order valence-electron chi connectivity index (χ2n) is 5.99. The molecule has 1 aliphatic rings. The third-order valence-corrected chi connectivity index (χ3v) is 5.26. The molecule has 0 saturated carbocycles. The van der Waals surface area contributed by atoms with E-state index in [-0.39, 0.29) is 0 Å². The van der Waals surface area contributed by atoms with Gasteiger partial charge >= 0.3 is 0 Å². The molecule has 124 valence electrons. The third-order valence-electron chi connectivity index (χ3n) is 4.32. The molecule has 2 heterocycles. The SMILES string of the molecule is CN=C(NCCCN1CCCCC1C)NCCc1cccs1. The van der Waals surface area contributed by atoms with Gasteiger partial charge in [-0.1, -0.05) is 12.5 Å². The summed E-state index contributed by atoms with van der Waals surface area (Å²) in [4.78, 5) is 8.33. The monoisotopic (exact) mass is 322 g/mol. The van der Waals surface area contributed by atoms with Crippen LogP contribution in [0.15, 0.2) is 22.5 Å². The number of guanidine groups is 1. The van der Waals surface area contributed by atoms with Gasteiger partial charge in [-0.2, -0.15) is 0 Å². The standard InChI is InChI=1S/C17H30N4S/c1-15-7-3-4-12-21(15)13-6-10-19-17(18-2)20-11-9-16-8-5-14-22-16/h5,8,14-15H,3-4,6-7,9-13H2,1-2H3,(H2,18,19,20). The number of aliphatic imine (C=N–C) groups is 1. The molecule has 0 bridgehead atoms. The Hall–Kier alpha value is -1.07. The summed E-state index contributed by atoms with van der Waals surface area (Å²) < 4.78 is 0. The van der Waals surface area contributed by atoms with Gasteiger partial charge in [-0.05, 0) is 50.6 Å². The smallest absolute Gasteiger partial charge is 0.190 e. The van der Waals surface area contributed by atoms with Gasteiger partial charge in [-0.3, -0.25) is 4.99 Å². The van der Waals surface area contributed by atoms with Crippen LogP contribution >= 0.6 is 11.3 Å². The summed E-state index contributed by atoms with van der Waals surface area (Å²) in [6, 6.07) is 5.05. The Morgan fingerprint density at radius 2 is 2.23 bits per heavy atom. The van der Waals surface area contributed by atoms with Crippen molar-refractivity contribution in [3.63, 3.8) is 0 Å². The van der Waals surface area contributed by atoms with E-state index >= 15 is 0 Å². The lowest BCUT2D eigenvalue weighted by molar-refractivity contribution is 0.159. The van der Waals surface area contributed by atoms with E-state index in [2.05, 4.69) is 45.0 Å². The van der Waals surface area contributed by atoms with Gasteiger partial charge in [-0.15, -0.1) is 11.3 Å². The van der Waals surface area contributed by atoms with Crippen LogP contribution in [0, 0.1) is 0 Å². The first kappa shape index (κ1) is 17.3. The molecule has 0 radical (unpaired) electrons. The number of piperidine rings is 1. The molecule has 0 amide bonds. The topological polar surface area (TPSA) is 39.7 Å². The van der Waals surface area contributed by atoms with Crippen molar-refractivity contribution in [3.05, 3.63) is 22.4 Å². The fraction of sp³-hybridized carbons (Fsp3) is 0.706.